The molecule has 1 aliphatic carbocycles. The molecular formula is C19H20N2O5. The average Bonchev–Trinajstić information content (AvgIpc) is 3.38. The van der Waals surface area contributed by atoms with Gasteiger partial charge >= 0.3 is 5.97 Å². The quantitative estimate of drug-likeness (QED) is 0.770. The minimum Gasteiger partial charge on any atom is -0.467 e. The molecule has 1 saturated carbocycles. The number of anilines is 1. The van der Waals surface area contributed by atoms with Gasteiger partial charge in [-0.15, -0.1) is 0 Å². The second-order valence-corrected chi connectivity index (χ2v) is 6.25. The van der Waals surface area contributed by atoms with Crippen LogP contribution in [0, 0.1) is 5.92 Å². The molecule has 26 heavy (non-hydrogen) atoms. The molecular weight excluding hydrogens is 336 g/mol. The SMILES string of the molecule is CN(Cc1ccco1)C(=O)COC(=O)c1ccc(NC(=O)C2CC2)cc1. The fourth-order valence-electron chi connectivity index (χ4n) is 2.32. The van der Waals surface area contributed by atoms with Crippen LogP contribution in [0.1, 0.15) is 29.0 Å². The van der Waals surface area contributed by atoms with Gasteiger partial charge in [-0.3, -0.25) is 9.59 Å². The molecule has 0 aliphatic heterocycles. The first-order chi connectivity index (χ1) is 12.5. The molecule has 1 heterocycles. The van der Waals surface area contributed by atoms with Gasteiger partial charge in [0.05, 0.1) is 18.4 Å². The molecule has 1 aliphatic rings. The van der Waals surface area contributed by atoms with E-state index in [2.05, 4.69) is 5.32 Å². The van der Waals surface area contributed by atoms with E-state index in [0.717, 1.165) is 12.8 Å². The van der Waals surface area contributed by atoms with E-state index in [1.54, 1.807) is 43.4 Å². The van der Waals surface area contributed by atoms with Crippen LogP contribution in [0.2, 0.25) is 0 Å². The number of esters is 1. The summed E-state index contributed by atoms with van der Waals surface area (Å²) in [6.45, 7) is -0.0466. The number of benzene rings is 1. The highest BCUT2D eigenvalue weighted by Crippen LogP contribution is 2.30. The number of hydrogen-bond acceptors (Lipinski definition) is 5. The summed E-state index contributed by atoms with van der Waals surface area (Å²) in [5.74, 6) is -0.154. The fraction of sp³-hybridized carbons (Fsp3) is 0.316. The first kappa shape index (κ1) is 17.7. The second kappa shape index (κ2) is 7.86. The van der Waals surface area contributed by atoms with Crippen LogP contribution in [0.5, 0.6) is 0 Å². The molecule has 2 amide bonds. The molecule has 0 unspecified atom stereocenters. The summed E-state index contributed by atoms with van der Waals surface area (Å²) in [5, 5.41) is 2.80. The van der Waals surface area contributed by atoms with Crippen molar-refractivity contribution < 1.29 is 23.5 Å². The highest BCUT2D eigenvalue weighted by Gasteiger charge is 2.29. The maximum absolute atomic E-state index is 12.0. The summed E-state index contributed by atoms with van der Waals surface area (Å²) in [6, 6.07) is 9.90. The molecule has 1 aromatic heterocycles. The van der Waals surface area contributed by atoms with Crippen LogP contribution in [0.25, 0.3) is 0 Å². The number of carbonyl (C=O) groups excluding carboxylic acids is 3. The number of rotatable bonds is 7. The summed E-state index contributed by atoms with van der Waals surface area (Å²) in [5.41, 5.74) is 0.948. The van der Waals surface area contributed by atoms with Crippen LogP contribution in [-0.2, 0) is 20.9 Å². The number of carbonyl (C=O) groups is 3. The van der Waals surface area contributed by atoms with Gasteiger partial charge in [-0.2, -0.15) is 0 Å². The lowest BCUT2D eigenvalue weighted by Crippen LogP contribution is -2.30. The van der Waals surface area contributed by atoms with Crippen molar-refractivity contribution in [2.24, 2.45) is 5.92 Å². The van der Waals surface area contributed by atoms with Crippen molar-refractivity contribution in [2.45, 2.75) is 19.4 Å². The van der Waals surface area contributed by atoms with Crippen molar-refractivity contribution in [3.8, 4) is 0 Å². The Morgan fingerprint density at radius 2 is 1.92 bits per heavy atom. The van der Waals surface area contributed by atoms with Crippen molar-refractivity contribution >= 4 is 23.5 Å². The topological polar surface area (TPSA) is 88.8 Å². The molecule has 0 saturated heterocycles. The Labute approximate surface area is 150 Å². The molecule has 1 N–H and O–H groups in total. The third kappa shape index (κ3) is 4.72. The Hall–Kier alpha value is -3.09. The van der Waals surface area contributed by atoms with Crippen LogP contribution < -0.4 is 5.32 Å². The van der Waals surface area contributed by atoms with Crippen molar-refractivity contribution in [2.75, 3.05) is 19.0 Å². The summed E-state index contributed by atoms with van der Waals surface area (Å²) in [4.78, 5) is 37.2. The largest absolute Gasteiger partial charge is 0.467 e. The fourth-order valence-corrected chi connectivity index (χ4v) is 2.32. The van der Waals surface area contributed by atoms with E-state index in [-0.39, 0.29) is 24.3 Å². The van der Waals surface area contributed by atoms with Crippen LogP contribution >= 0.6 is 0 Å². The van der Waals surface area contributed by atoms with E-state index in [4.69, 9.17) is 9.15 Å². The Bertz CT molecular complexity index is 779. The highest BCUT2D eigenvalue weighted by molar-refractivity contribution is 5.95. The zero-order chi connectivity index (χ0) is 18.5. The number of furan rings is 1. The minimum atomic E-state index is -0.593. The van der Waals surface area contributed by atoms with Gasteiger partial charge in [-0.05, 0) is 49.2 Å². The predicted octanol–water partition coefficient (Wildman–Crippen LogP) is 2.44. The van der Waals surface area contributed by atoms with Gasteiger partial charge in [0, 0.05) is 18.7 Å². The van der Waals surface area contributed by atoms with E-state index in [0.29, 0.717) is 23.6 Å². The minimum absolute atomic E-state index is 0.00511. The Morgan fingerprint density at radius 1 is 1.19 bits per heavy atom. The number of ether oxygens (including phenoxy) is 1. The molecule has 2 aromatic rings. The smallest absolute Gasteiger partial charge is 0.338 e. The van der Waals surface area contributed by atoms with Gasteiger partial charge in [0.25, 0.3) is 5.91 Å². The number of nitrogens with zero attached hydrogens (tertiary/aromatic N) is 1. The van der Waals surface area contributed by atoms with Gasteiger partial charge in [0.15, 0.2) is 6.61 Å². The van der Waals surface area contributed by atoms with Crippen LogP contribution in [0.15, 0.2) is 47.1 Å². The van der Waals surface area contributed by atoms with E-state index >= 15 is 0 Å². The molecule has 0 spiro atoms. The lowest BCUT2D eigenvalue weighted by Gasteiger charge is -2.15. The van der Waals surface area contributed by atoms with Crippen molar-refractivity contribution in [3.05, 3.63) is 54.0 Å². The zero-order valence-electron chi connectivity index (χ0n) is 14.4. The third-order valence-electron chi connectivity index (χ3n) is 4.06. The van der Waals surface area contributed by atoms with E-state index in [1.165, 1.54) is 11.2 Å². The van der Waals surface area contributed by atoms with Gasteiger partial charge < -0.3 is 19.4 Å². The number of nitrogens with one attached hydrogen (secondary N) is 1. The lowest BCUT2D eigenvalue weighted by molar-refractivity contribution is -0.134. The number of hydrogen-bond donors (Lipinski definition) is 1. The van der Waals surface area contributed by atoms with Crippen molar-refractivity contribution in [1.29, 1.82) is 0 Å². The van der Waals surface area contributed by atoms with Gasteiger partial charge in [0.2, 0.25) is 5.91 Å². The first-order valence-corrected chi connectivity index (χ1v) is 8.37. The Kier molecular flexibility index (Phi) is 5.36. The average molecular weight is 356 g/mol. The van der Waals surface area contributed by atoms with Gasteiger partial charge in [-0.25, -0.2) is 4.79 Å². The number of amides is 2. The molecule has 7 heteroatoms. The van der Waals surface area contributed by atoms with Crippen LogP contribution in [-0.4, -0.2) is 36.3 Å². The van der Waals surface area contributed by atoms with Gasteiger partial charge in [0.1, 0.15) is 5.76 Å². The summed E-state index contributed by atoms with van der Waals surface area (Å²) in [6.07, 6.45) is 3.39. The summed E-state index contributed by atoms with van der Waals surface area (Å²) in [7, 11) is 1.61. The van der Waals surface area contributed by atoms with Crippen LogP contribution in [0.3, 0.4) is 0 Å². The van der Waals surface area contributed by atoms with E-state index in [9.17, 15) is 14.4 Å². The van der Waals surface area contributed by atoms with E-state index in [1.807, 2.05) is 0 Å². The standard InChI is InChI=1S/C19H20N2O5/c1-21(11-16-3-2-10-25-16)17(22)12-26-19(24)14-6-8-15(9-7-14)20-18(23)13-4-5-13/h2-3,6-10,13H,4-5,11-12H2,1H3,(H,20,23). The normalized spacial score (nSPS) is 13.1. The first-order valence-electron chi connectivity index (χ1n) is 8.37. The molecule has 3 rings (SSSR count). The van der Waals surface area contributed by atoms with Crippen LogP contribution in [0.4, 0.5) is 5.69 Å². The molecule has 136 valence electrons. The maximum Gasteiger partial charge on any atom is 0.338 e. The summed E-state index contributed by atoms with van der Waals surface area (Å²) < 4.78 is 10.2. The maximum atomic E-state index is 12.0. The second-order valence-electron chi connectivity index (χ2n) is 6.25. The monoisotopic (exact) mass is 356 g/mol. The molecule has 0 atom stereocenters. The lowest BCUT2D eigenvalue weighted by atomic mass is 10.2. The molecule has 1 aromatic carbocycles. The predicted molar refractivity (Wildman–Crippen MR) is 93.3 cm³/mol. The Morgan fingerprint density at radius 3 is 2.54 bits per heavy atom. The molecule has 0 radical (unpaired) electrons. The summed E-state index contributed by atoms with van der Waals surface area (Å²) >= 11 is 0. The van der Waals surface area contributed by atoms with E-state index < -0.39 is 5.97 Å². The Balaban J connectivity index is 1.46. The highest BCUT2D eigenvalue weighted by atomic mass is 16.5. The molecule has 7 nitrogen and oxygen atoms in total. The zero-order valence-corrected chi connectivity index (χ0v) is 14.4. The number of likely N-dealkylation sites (N-methyl/N-ethyl adjacent to an activating group) is 1. The van der Waals surface area contributed by atoms with Gasteiger partial charge in [-0.1, -0.05) is 0 Å². The molecule has 1 fully saturated rings. The van der Waals surface area contributed by atoms with Crippen molar-refractivity contribution in [3.63, 3.8) is 0 Å². The third-order valence-corrected chi connectivity index (χ3v) is 4.06. The van der Waals surface area contributed by atoms with Crippen molar-refractivity contribution in [1.82, 2.24) is 4.90 Å². The molecule has 0 bridgehead atoms.